The third-order valence-corrected chi connectivity index (χ3v) is 2.73. The number of benzene rings is 2. The first kappa shape index (κ1) is 14.4. The standard InChI is InChI=1S/C14H9FN2O4/c15-12-2-1-3-14(11(12)7-16)21-13-5-4-10(17(19)20)6-9(13)8-18/h1-6,18H,8H2. The summed E-state index contributed by atoms with van der Waals surface area (Å²) in [6.45, 7) is -0.492. The van der Waals surface area contributed by atoms with Crippen molar-refractivity contribution in [3.05, 3.63) is 63.5 Å². The van der Waals surface area contributed by atoms with Crippen molar-refractivity contribution in [3.63, 3.8) is 0 Å². The van der Waals surface area contributed by atoms with Crippen LogP contribution in [0.4, 0.5) is 10.1 Å². The van der Waals surface area contributed by atoms with Crippen LogP contribution in [0.2, 0.25) is 0 Å². The largest absolute Gasteiger partial charge is 0.455 e. The first-order valence-corrected chi connectivity index (χ1v) is 5.81. The molecular weight excluding hydrogens is 279 g/mol. The quantitative estimate of drug-likeness (QED) is 0.689. The molecule has 7 heteroatoms. The number of aliphatic hydroxyl groups excluding tert-OH is 1. The minimum Gasteiger partial charge on any atom is -0.455 e. The van der Waals surface area contributed by atoms with Gasteiger partial charge in [-0.05, 0) is 18.2 Å². The monoisotopic (exact) mass is 288 g/mol. The number of hydrogen-bond donors (Lipinski definition) is 1. The maximum absolute atomic E-state index is 13.5. The van der Waals surface area contributed by atoms with Crippen molar-refractivity contribution in [2.24, 2.45) is 0 Å². The maximum atomic E-state index is 13.5. The number of non-ortho nitro benzene ring substituents is 1. The van der Waals surface area contributed by atoms with E-state index < -0.39 is 17.3 Å². The van der Waals surface area contributed by atoms with E-state index in [1.165, 1.54) is 24.3 Å². The SMILES string of the molecule is N#Cc1c(F)cccc1Oc1ccc([N+](=O)[O-])cc1CO. The lowest BCUT2D eigenvalue weighted by molar-refractivity contribution is -0.385. The van der Waals surface area contributed by atoms with Crippen molar-refractivity contribution in [2.75, 3.05) is 0 Å². The number of hydrogen-bond acceptors (Lipinski definition) is 5. The van der Waals surface area contributed by atoms with Gasteiger partial charge in [0, 0.05) is 17.7 Å². The zero-order chi connectivity index (χ0) is 15.4. The van der Waals surface area contributed by atoms with Gasteiger partial charge in [0.05, 0.1) is 11.5 Å². The number of nitriles is 1. The molecule has 2 rings (SSSR count). The summed E-state index contributed by atoms with van der Waals surface area (Å²) in [7, 11) is 0. The van der Waals surface area contributed by atoms with E-state index in [0.717, 1.165) is 12.1 Å². The lowest BCUT2D eigenvalue weighted by Gasteiger charge is -2.11. The molecule has 0 saturated carbocycles. The minimum atomic E-state index is -0.734. The molecule has 0 saturated heterocycles. The zero-order valence-corrected chi connectivity index (χ0v) is 10.6. The molecule has 0 radical (unpaired) electrons. The number of ether oxygens (including phenoxy) is 1. The summed E-state index contributed by atoms with van der Waals surface area (Å²) >= 11 is 0. The molecule has 1 N–H and O–H groups in total. The van der Waals surface area contributed by atoms with E-state index in [9.17, 15) is 19.6 Å². The molecule has 2 aromatic rings. The van der Waals surface area contributed by atoms with Gasteiger partial charge in [-0.2, -0.15) is 5.26 Å². The van der Waals surface area contributed by atoms with Crippen molar-refractivity contribution in [3.8, 4) is 17.6 Å². The van der Waals surface area contributed by atoms with Gasteiger partial charge in [0.2, 0.25) is 0 Å². The van der Waals surface area contributed by atoms with Crippen LogP contribution in [0.1, 0.15) is 11.1 Å². The second-order valence-electron chi connectivity index (χ2n) is 4.03. The number of aliphatic hydroxyl groups is 1. The smallest absolute Gasteiger partial charge is 0.270 e. The highest BCUT2D eigenvalue weighted by Gasteiger charge is 2.15. The molecule has 21 heavy (non-hydrogen) atoms. The van der Waals surface area contributed by atoms with Crippen LogP contribution in [-0.4, -0.2) is 10.0 Å². The molecule has 0 fully saturated rings. The van der Waals surface area contributed by atoms with Gasteiger partial charge in [-0.15, -0.1) is 0 Å². The van der Waals surface area contributed by atoms with Gasteiger partial charge in [0.15, 0.2) is 0 Å². The molecule has 0 aliphatic carbocycles. The Bertz CT molecular complexity index is 740. The molecular formula is C14H9FN2O4. The van der Waals surface area contributed by atoms with E-state index in [4.69, 9.17) is 10.00 Å². The van der Waals surface area contributed by atoms with Gasteiger partial charge in [0.25, 0.3) is 5.69 Å². The molecule has 0 atom stereocenters. The molecule has 0 heterocycles. The Morgan fingerprint density at radius 1 is 1.33 bits per heavy atom. The number of nitro benzene ring substituents is 1. The molecule has 0 unspecified atom stereocenters. The summed E-state index contributed by atoms with van der Waals surface area (Å²) in [5.41, 5.74) is -0.316. The lowest BCUT2D eigenvalue weighted by Crippen LogP contribution is -1.97. The molecule has 2 aromatic carbocycles. The molecule has 0 aliphatic rings. The fourth-order valence-corrected chi connectivity index (χ4v) is 1.72. The van der Waals surface area contributed by atoms with E-state index in [1.54, 1.807) is 6.07 Å². The number of halogens is 1. The molecule has 0 spiro atoms. The first-order valence-electron chi connectivity index (χ1n) is 5.81. The highest BCUT2D eigenvalue weighted by atomic mass is 19.1. The van der Waals surface area contributed by atoms with E-state index >= 15 is 0 Å². The zero-order valence-electron chi connectivity index (χ0n) is 10.6. The van der Waals surface area contributed by atoms with Crippen molar-refractivity contribution in [1.82, 2.24) is 0 Å². The molecule has 0 aliphatic heterocycles. The van der Waals surface area contributed by atoms with E-state index in [1.807, 2.05) is 0 Å². The van der Waals surface area contributed by atoms with Crippen LogP contribution in [-0.2, 0) is 6.61 Å². The maximum Gasteiger partial charge on any atom is 0.270 e. The van der Waals surface area contributed by atoms with Crippen LogP contribution in [0.15, 0.2) is 36.4 Å². The van der Waals surface area contributed by atoms with Crippen LogP contribution in [0.25, 0.3) is 0 Å². The summed E-state index contributed by atoms with van der Waals surface area (Å²) in [4.78, 5) is 10.1. The Hall–Kier alpha value is -2.98. The first-order chi connectivity index (χ1) is 10.1. The number of rotatable bonds is 4. The van der Waals surface area contributed by atoms with Crippen LogP contribution in [0.3, 0.4) is 0 Å². The highest BCUT2D eigenvalue weighted by Crippen LogP contribution is 2.31. The summed E-state index contributed by atoms with van der Waals surface area (Å²) in [6.07, 6.45) is 0. The third-order valence-electron chi connectivity index (χ3n) is 2.73. The van der Waals surface area contributed by atoms with E-state index in [-0.39, 0.29) is 28.3 Å². The summed E-state index contributed by atoms with van der Waals surface area (Å²) in [5.74, 6) is -0.645. The van der Waals surface area contributed by atoms with Crippen LogP contribution in [0, 0.1) is 27.3 Å². The predicted molar refractivity (Wildman–Crippen MR) is 70.2 cm³/mol. The summed E-state index contributed by atoms with van der Waals surface area (Å²) < 4.78 is 18.9. The summed E-state index contributed by atoms with van der Waals surface area (Å²) in [6, 6.07) is 9.20. The van der Waals surface area contributed by atoms with Crippen molar-refractivity contribution in [2.45, 2.75) is 6.61 Å². The average Bonchev–Trinajstić information content (AvgIpc) is 2.47. The summed E-state index contributed by atoms with van der Waals surface area (Å²) in [5, 5.41) is 28.8. The van der Waals surface area contributed by atoms with Crippen LogP contribution in [0.5, 0.6) is 11.5 Å². The third kappa shape index (κ3) is 2.96. The van der Waals surface area contributed by atoms with Gasteiger partial charge in [-0.3, -0.25) is 10.1 Å². The molecule has 0 amide bonds. The topological polar surface area (TPSA) is 96.4 Å². The van der Waals surface area contributed by atoms with Gasteiger partial charge in [-0.25, -0.2) is 4.39 Å². The van der Waals surface area contributed by atoms with Gasteiger partial charge in [-0.1, -0.05) is 6.07 Å². The Labute approximate surface area is 118 Å². The molecule has 0 bridgehead atoms. The normalized spacial score (nSPS) is 9.95. The highest BCUT2D eigenvalue weighted by molar-refractivity contribution is 5.49. The molecule has 6 nitrogen and oxygen atoms in total. The Kier molecular flexibility index (Phi) is 4.11. The second kappa shape index (κ2) is 5.98. The van der Waals surface area contributed by atoms with Gasteiger partial charge < -0.3 is 9.84 Å². The average molecular weight is 288 g/mol. The van der Waals surface area contributed by atoms with Crippen LogP contribution < -0.4 is 4.74 Å². The minimum absolute atomic E-state index is 0.0268. The molecule has 106 valence electrons. The Balaban J connectivity index is 2.43. The van der Waals surface area contributed by atoms with Gasteiger partial charge >= 0.3 is 0 Å². The van der Waals surface area contributed by atoms with Crippen molar-refractivity contribution < 1.29 is 19.2 Å². The van der Waals surface area contributed by atoms with Gasteiger partial charge in [0.1, 0.15) is 28.9 Å². The number of nitrogens with zero attached hydrogens (tertiary/aromatic N) is 2. The van der Waals surface area contributed by atoms with E-state index in [0.29, 0.717) is 0 Å². The lowest BCUT2D eigenvalue weighted by atomic mass is 10.1. The fraction of sp³-hybridized carbons (Fsp3) is 0.0714. The van der Waals surface area contributed by atoms with Crippen LogP contribution >= 0.6 is 0 Å². The predicted octanol–water partition coefficient (Wildman–Crippen LogP) is 2.89. The Morgan fingerprint density at radius 3 is 2.71 bits per heavy atom. The Morgan fingerprint density at radius 2 is 2.10 bits per heavy atom. The van der Waals surface area contributed by atoms with Crippen molar-refractivity contribution >= 4 is 5.69 Å². The van der Waals surface area contributed by atoms with E-state index in [2.05, 4.69) is 0 Å². The fourth-order valence-electron chi connectivity index (χ4n) is 1.72. The number of nitro groups is 1. The second-order valence-corrected chi connectivity index (χ2v) is 4.03. The molecule has 0 aromatic heterocycles. The van der Waals surface area contributed by atoms with Crippen molar-refractivity contribution in [1.29, 1.82) is 5.26 Å².